The highest BCUT2D eigenvalue weighted by Crippen LogP contribution is 2.12. The molecule has 2 unspecified atom stereocenters. The van der Waals surface area contributed by atoms with Crippen LogP contribution in [0.5, 0.6) is 5.75 Å². The zero-order valence-corrected chi connectivity index (χ0v) is 11.1. The molecule has 1 aromatic carbocycles. The molecule has 0 saturated carbocycles. The van der Waals surface area contributed by atoms with E-state index in [1.165, 1.54) is 12.1 Å². The van der Waals surface area contributed by atoms with E-state index in [0.29, 0.717) is 18.9 Å². The van der Waals surface area contributed by atoms with Gasteiger partial charge in [-0.2, -0.15) is 0 Å². The Bertz CT molecular complexity index is 385. The van der Waals surface area contributed by atoms with Crippen LogP contribution in [0.4, 0.5) is 4.39 Å². The molecule has 1 fully saturated rings. The summed E-state index contributed by atoms with van der Waals surface area (Å²) < 4.78 is 23.6. The second-order valence-electron chi connectivity index (χ2n) is 4.86. The normalized spacial score (nSPS) is 22.2. The van der Waals surface area contributed by atoms with Gasteiger partial charge in [-0.1, -0.05) is 0 Å². The fraction of sp³-hybridized carbons (Fsp3) is 0.571. The van der Waals surface area contributed by atoms with Gasteiger partial charge in [0.1, 0.15) is 24.3 Å². The number of aliphatic hydroxyl groups is 1. The molecule has 0 spiro atoms. The van der Waals surface area contributed by atoms with Gasteiger partial charge in [0.15, 0.2) is 0 Å². The molecular weight excluding hydrogens is 249 g/mol. The van der Waals surface area contributed by atoms with Crippen molar-refractivity contribution in [2.75, 3.05) is 32.8 Å². The summed E-state index contributed by atoms with van der Waals surface area (Å²) in [6.45, 7) is 5.15. The number of β-amino-alcohol motifs (C(OH)–C–C–N with tert-alkyl or cyclic N) is 1. The van der Waals surface area contributed by atoms with Gasteiger partial charge >= 0.3 is 0 Å². The van der Waals surface area contributed by atoms with Crippen LogP contribution in [0.2, 0.25) is 0 Å². The summed E-state index contributed by atoms with van der Waals surface area (Å²) in [4.78, 5) is 2.16. The van der Waals surface area contributed by atoms with E-state index in [0.717, 1.165) is 13.1 Å². The summed E-state index contributed by atoms with van der Waals surface area (Å²) in [5.74, 6) is 0.269. The molecule has 1 heterocycles. The van der Waals surface area contributed by atoms with E-state index >= 15 is 0 Å². The van der Waals surface area contributed by atoms with E-state index < -0.39 is 6.10 Å². The number of hydrogen-bond acceptors (Lipinski definition) is 4. The Morgan fingerprint density at radius 3 is 2.89 bits per heavy atom. The van der Waals surface area contributed by atoms with Crippen molar-refractivity contribution in [2.24, 2.45) is 0 Å². The number of halogens is 1. The lowest BCUT2D eigenvalue weighted by Gasteiger charge is -2.32. The standard InChI is InChI=1S/C14H20FNO3/c1-11-8-16(6-7-18-11)9-13(17)10-19-14-4-2-12(15)3-5-14/h2-5,11,13,17H,6-10H2,1H3. The van der Waals surface area contributed by atoms with E-state index in [2.05, 4.69) is 4.90 Å². The van der Waals surface area contributed by atoms with Crippen LogP contribution in [0.15, 0.2) is 24.3 Å². The van der Waals surface area contributed by atoms with Crippen LogP contribution in [-0.4, -0.2) is 55.1 Å². The van der Waals surface area contributed by atoms with Crippen molar-refractivity contribution in [3.05, 3.63) is 30.1 Å². The van der Waals surface area contributed by atoms with Crippen LogP contribution in [0.25, 0.3) is 0 Å². The topological polar surface area (TPSA) is 41.9 Å². The van der Waals surface area contributed by atoms with E-state index in [-0.39, 0.29) is 18.5 Å². The largest absolute Gasteiger partial charge is 0.491 e. The number of rotatable bonds is 5. The lowest BCUT2D eigenvalue weighted by atomic mass is 10.2. The van der Waals surface area contributed by atoms with Crippen LogP contribution in [0, 0.1) is 5.82 Å². The van der Waals surface area contributed by atoms with Crippen LogP contribution >= 0.6 is 0 Å². The molecule has 19 heavy (non-hydrogen) atoms. The molecule has 1 aliphatic heterocycles. The van der Waals surface area contributed by atoms with E-state index in [1.54, 1.807) is 12.1 Å². The molecule has 5 heteroatoms. The SMILES string of the molecule is CC1CN(CC(O)COc2ccc(F)cc2)CCO1. The smallest absolute Gasteiger partial charge is 0.123 e. The van der Waals surface area contributed by atoms with Gasteiger partial charge in [0.25, 0.3) is 0 Å². The fourth-order valence-electron chi connectivity index (χ4n) is 2.13. The average Bonchev–Trinajstić information content (AvgIpc) is 2.38. The summed E-state index contributed by atoms with van der Waals surface area (Å²) in [7, 11) is 0. The Hall–Kier alpha value is -1.17. The first kappa shape index (κ1) is 14.2. The first-order chi connectivity index (χ1) is 9.13. The molecule has 0 radical (unpaired) electrons. The van der Waals surface area contributed by atoms with Gasteiger partial charge in [-0.3, -0.25) is 4.90 Å². The predicted molar refractivity (Wildman–Crippen MR) is 69.8 cm³/mol. The van der Waals surface area contributed by atoms with Crippen molar-refractivity contribution < 1.29 is 19.0 Å². The minimum absolute atomic E-state index is 0.206. The second-order valence-corrected chi connectivity index (χ2v) is 4.86. The number of benzene rings is 1. The molecule has 2 atom stereocenters. The van der Waals surface area contributed by atoms with Crippen molar-refractivity contribution in [1.29, 1.82) is 0 Å². The zero-order chi connectivity index (χ0) is 13.7. The Morgan fingerprint density at radius 2 is 2.21 bits per heavy atom. The first-order valence-corrected chi connectivity index (χ1v) is 6.54. The Balaban J connectivity index is 1.72. The second kappa shape index (κ2) is 6.84. The summed E-state index contributed by atoms with van der Waals surface area (Å²) in [5.41, 5.74) is 0. The quantitative estimate of drug-likeness (QED) is 0.874. The van der Waals surface area contributed by atoms with Crippen molar-refractivity contribution in [1.82, 2.24) is 4.90 Å². The van der Waals surface area contributed by atoms with Crippen molar-refractivity contribution in [3.63, 3.8) is 0 Å². The van der Waals surface area contributed by atoms with Gasteiger partial charge < -0.3 is 14.6 Å². The summed E-state index contributed by atoms with van der Waals surface area (Å²) in [6.07, 6.45) is -0.352. The van der Waals surface area contributed by atoms with Gasteiger partial charge in [-0.15, -0.1) is 0 Å². The minimum atomic E-state index is -0.560. The molecule has 1 aliphatic rings. The maximum atomic E-state index is 12.7. The molecule has 0 aliphatic carbocycles. The monoisotopic (exact) mass is 269 g/mol. The van der Waals surface area contributed by atoms with Gasteiger partial charge in [0.2, 0.25) is 0 Å². The summed E-state index contributed by atoms with van der Waals surface area (Å²) in [6, 6.07) is 5.79. The Morgan fingerprint density at radius 1 is 1.47 bits per heavy atom. The number of hydrogen-bond donors (Lipinski definition) is 1. The number of nitrogens with zero attached hydrogens (tertiary/aromatic N) is 1. The van der Waals surface area contributed by atoms with Crippen LogP contribution < -0.4 is 4.74 Å². The average molecular weight is 269 g/mol. The molecular formula is C14H20FNO3. The molecule has 4 nitrogen and oxygen atoms in total. The Kier molecular flexibility index (Phi) is 5.13. The third kappa shape index (κ3) is 4.78. The zero-order valence-electron chi connectivity index (χ0n) is 11.1. The molecule has 0 amide bonds. The number of ether oxygens (including phenoxy) is 2. The fourth-order valence-corrected chi connectivity index (χ4v) is 2.13. The highest BCUT2D eigenvalue weighted by molar-refractivity contribution is 5.22. The third-order valence-corrected chi connectivity index (χ3v) is 3.05. The van der Waals surface area contributed by atoms with Crippen molar-refractivity contribution in [3.8, 4) is 5.75 Å². The van der Waals surface area contributed by atoms with Crippen LogP contribution in [0.3, 0.4) is 0 Å². The molecule has 0 aromatic heterocycles. The summed E-state index contributed by atoms with van der Waals surface area (Å²) in [5, 5.41) is 9.92. The highest BCUT2D eigenvalue weighted by Gasteiger charge is 2.19. The van der Waals surface area contributed by atoms with E-state index in [1.807, 2.05) is 6.92 Å². The van der Waals surface area contributed by atoms with Crippen molar-refractivity contribution >= 4 is 0 Å². The maximum Gasteiger partial charge on any atom is 0.123 e. The van der Waals surface area contributed by atoms with Crippen molar-refractivity contribution in [2.45, 2.75) is 19.1 Å². The molecule has 106 valence electrons. The molecule has 0 bridgehead atoms. The molecule has 1 N–H and O–H groups in total. The van der Waals surface area contributed by atoms with Gasteiger partial charge in [-0.25, -0.2) is 4.39 Å². The minimum Gasteiger partial charge on any atom is -0.491 e. The van der Waals surface area contributed by atoms with E-state index in [9.17, 15) is 9.50 Å². The summed E-state index contributed by atoms with van der Waals surface area (Å²) >= 11 is 0. The van der Waals surface area contributed by atoms with Crippen LogP contribution in [0.1, 0.15) is 6.92 Å². The third-order valence-electron chi connectivity index (χ3n) is 3.05. The number of morpholine rings is 1. The molecule has 1 saturated heterocycles. The molecule has 1 aromatic rings. The maximum absolute atomic E-state index is 12.7. The van der Waals surface area contributed by atoms with Gasteiger partial charge in [0.05, 0.1) is 12.7 Å². The predicted octanol–water partition coefficient (Wildman–Crippen LogP) is 1.29. The lowest BCUT2D eigenvalue weighted by Crippen LogP contribution is -2.45. The van der Waals surface area contributed by atoms with Crippen LogP contribution in [-0.2, 0) is 4.74 Å². The van der Waals surface area contributed by atoms with Gasteiger partial charge in [-0.05, 0) is 31.2 Å². The lowest BCUT2D eigenvalue weighted by molar-refractivity contribution is -0.0361. The molecule has 2 rings (SSSR count). The Labute approximate surface area is 112 Å². The van der Waals surface area contributed by atoms with Gasteiger partial charge in [0, 0.05) is 19.6 Å². The highest BCUT2D eigenvalue weighted by atomic mass is 19.1. The van der Waals surface area contributed by atoms with E-state index in [4.69, 9.17) is 9.47 Å². The number of aliphatic hydroxyl groups excluding tert-OH is 1. The first-order valence-electron chi connectivity index (χ1n) is 6.54.